The second-order valence-electron chi connectivity index (χ2n) is 5.63. The van der Waals surface area contributed by atoms with Gasteiger partial charge in [0, 0.05) is 5.56 Å². The third kappa shape index (κ3) is 4.57. The summed E-state index contributed by atoms with van der Waals surface area (Å²) in [6.45, 7) is 0.129. The monoisotopic (exact) mass is 387 g/mol. The van der Waals surface area contributed by atoms with Crippen LogP contribution >= 0.6 is 11.6 Å². The SMILES string of the molecule is COc1ccc(CC(=O)NCc2nc(-c3ccccc3Cl)no2)cc1OC. The molecule has 1 amide bonds. The van der Waals surface area contributed by atoms with Crippen molar-refractivity contribution >= 4 is 17.5 Å². The molecule has 27 heavy (non-hydrogen) atoms. The second kappa shape index (κ2) is 8.55. The highest BCUT2D eigenvalue weighted by Gasteiger charge is 2.13. The van der Waals surface area contributed by atoms with E-state index in [-0.39, 0.29) is 18.9 Å². The normalized spacial score (nSPS) is 10.5. The van der Waals surface area contributed by atoms with Crippen molar-refractivity contribution in [3.63, 3.8) is 0 Å². The molecule has 140 valence electrons. The number of rotatable bonds is 7. The lowest BCUT2D eigenvalue weighted by Crippen LogP contribution is -2.24. The van der Waals surface area contributed by atoms with Crippen LogP contribution in [0.4, 0.5) is 0 Å². The first-order valence-corrected chi connectivity index (χ1v) is 8.53. The number of methoxy groups -OCH3 is 2. The topological polar surface area (TPSA) is 86.5 Å². The van der Waals surface area contributed by atoms with Crippen LogP contribution < -0.4 is 14.8 Å². The summed E-state index contributed by atoms with van der Waals surface area (Å²) >= 11 is 6.12. The van der Waals surface area contributed by atoms with Crippen molar-refractivity contribution in [3.05, 3.63) is 58.9 Å². The summed E-state index contributed by atoms with van der Waals surface area (Å²) in [7, 11) is 3.11. The summed E-state index contributed by atoms with van der Waals surface area (Å²) in [5, 5.41) is 7.18. The van der Waals surface area contributed by atoms with Gasteiger partial charge in [-0.2, -0.15) is 4.98 Å². The van der Waals surface area contributed by atoms with E-state index in [1.54, 1.807) is 38.5 Å². The molecule has 0 saturated heterocycles. The number of hydrogen-bond donors (Lipinski definition) is 1. The van der Waals surface area contributed by atoms with Gasteiger partial charge in [0.1, 0.15) is 0 Å². The molecule has 1 aromatic heterocycles. The highest BCUT2D eigenvalue weighted by Crippen LogP contribution is 2.28. The number of carbonyl (C=O) groups excluding carboxylic acids is 1. The van der Waals surface area contributed by atoms with Crippen molar-refractivity contribution in [2.75, 3.05) is 14.2 Å². The molecular formula is C19H18ClN3O4. The molecule has 0 aliphatic rings. The van der Waals surface area contributed by atoms with Gasteiger partial charge in [-0.25, -0.2) is 0 Å². The van der Waals surface area contributed by atoms with E-state index in [2.05, 4.69) is 15.5 Å². The highest BCUT2D eigenvalue weighted by molar-refractivity contribution is 6.33. The lowest BCUT2D eigenvalue weighted by Gasteiger charge is -2.09. The first kappa shape index (κ1) is 18.7. The van der Waals surface area contributed by atoms with Crippen molar-refractivity contribution in [3.8, 4) is 22.9 Å². The van der Waals surface area contributed by atoms with Crippen LogP contribution in [0.25, 0.3) is 11.4 Å². The maximum Gasteiger partial charge on any atom is 0.246 e. The molecule has 0 unspecified atom stereocenters. The molecule has 8 heteroatoms. The lowest BCUT2D eigenvalue weighted by molar-refractivity contribution is -0.120. The fraction of sp³-hybridized carbons (Fsp3) is 0.211. The molecule has 0 aliphatic heterocycles. The Bertz CT molecular complexity index is 942. The summed E-state index contributed by atoms with van der Waals surface area (Å²) in [6, 6.07) is 12.5. The van der Waals surface area contributed by atoms with E-state index in [0.717, 1.165) is 5.56 Å². The Morgan fingerprint density at radius 2 is 1.93 bits per heavy atom. The van der Waals surface area contributed by atoms with E-state index in [9.17, 15) is 4.79 Å². The predicted molar refractivity (Wildman–Crippen MR) is 99.8 cm³/mol. The van der Waals surface area contributed by atoms with Crippen LogP contribution in [0.1, 0.15) is 11.5 Å². The van der Waals surface area contributed by atoms with Crippen LogP contribution in [-0.2, 0) is 17.8 Å². The summed E-state index contributed by atoms with van der Waals surface area (Å²) in [4.78, 5) is 16.4. The molecule has 3 aromatic rings. The highest BCUT2D eigenvalue weighted by atomic mass is 35.5. The summed E-state index contributed by atoms with van der Waals surface area (Å²) in [6.07, 6.45) is 0.186. The molecule has 0 aliphatic carbocycles. The van der Waals surface area contributed by atoms with E-state index in [4.69, 9.17) is 25.6 Å². The average Bonchev–Trinajstić information content (AvgIpc) is 3.15. The van der Waals surface area contributed by atoms with Gasteiger partial charge in [-0.1, -0.05) is 35.0 Å². The van der Waals surface area contributed by atoms with E-state index < -0.39 is 0 Å². The molecule has 0 radical (unpaired) electrons. The van der Waals surface area contributed by atoms with E-state index in [0.29, 0.717) is 33.8 Å². The Labute approximate surface area is 161 Å². The minimum atomic E-state index is -0.181. The van der Waals surface area contributed by atoms with Gasteiger partial charge in [0.2, 0.25) is 17.6 Å². The Morgan fingerprint density at radius 1 is 1.15 bits per heavy atom. The largest absolute Gasteiger partial charge is 0.493 e. The first-order valence-electron chi connectivity index (χ1n) is 8.15. The maximum absolute atomic E-state index is 12.2. The van der Waals surface area contributed by atoms with Gasteiger partial charge in [0.15, 0.2) is 11.5 Å². The Balaban J connectivity index is 1.59. The van der Waals surface area contributed by atoms with Crippen LogP contribution in [0, 0.1) is 0 Å². The van der Waals surface area contributed by atoms with E-state index >= 15 is 0 Å². The molecule has 0 fully saturated rings. The van der Waals surface area contributed by atoms with Crippen LogP contribution in [0.15, 0.2) is 47.0 Å². The minimum absolute atomic E-state index is 0.129. The fourth-order valence-corrected chi connectivity index (χ4v) is 2.71. The van der Waals surface area contributed by atoms with Gasteiger partial charge in [-0.3, -0.25) is 4.79 Å². The van der Waals surface area contributed by atoms with Crippen LogP contribution in [-0.4, -0.2) is 30.3 Å². The maximum atomic E-state index is 12.2. The average molecular weight is 388 g/mol. The number of nitrogens with one attached hydrogen (secondary N) is 1. The van der Waals surface area contributed by atoms with Gasteiger partial charge in [0.05, 0.1) is 32.2 Å². The van der Waals surface area contributed by atoms with Crippen molar-refractivity contribution in [1.82, 2.24) is 15.5 Å². The Morgan fingerprint density at radius 3 is 2.67 bits per heavy atom. The van der Waals surface area contributed by atoms with Crippen molar-refractivity contribution < 1.29 is 18.8 Å². The molecule has 0 spiro atoms. The number of amides is 1. The molecule has 0 saturated carbocycles. The zero-order valence-electron chi connectivity index (χ0n) is 14.9. The molecule has 1 heterocycles. The number of ether oxygens (including phenoxy) is 2. The molecule has 3 rings (SSSR count). The van der Waals surface area contributed by atoms with Gasteiger partial charge in [0.25, 0.3) is 0 Å². The van der Waals surface area contributed by atoms with Gasteiger partial charge in [-0.15, -0.1) is 0 Å². The zero-order valence-corrected chi connectivity index (χ0v) is 15.6. The fourth-order valence-electron chi connectivity index (χ4n) is 2.49. The first-order chi connectivity index (χ1) is 13.1. The smallest absolute Gasteiger partial charge is 0.246 e. The quantitative estimate of drug-likeness (QED) is 0.669. The predicted octanol–water partition coefficient (Wildman–Crippen LogP) is 3.27. The van der Waals surface area contributed by atoms with Gasteiger partial charge >= 0.3 is 0 Å². The standard InChI is InChI=1S/C19H18ClN3O4/c1-25-15-8-7-12(9-16(15)26-2)10-17(24)21-11-18-22-19(23-27-18)13-5-3-4-6-14(13)20/h3-9H,10-11H2,1-2H3,(H,21,24). The summed E-state index contributed by atoms with van der Waals surface area (Å²) in [5.74, 6) is 1.68. The molecule has 2 aromatic carbocycles. The van der Waals surface area contributed by atoms with E-state index in [1.807, 2.05) is 18.2 Å². The zero-order chi connectivity index (χ0) is 19.2. The van der Waals surface area contributed by atoms with Crippen molar-refractivity contribution in [2.45, 2.75) is 13.0 Å². The third-order valence-electron chi connectivity index (χ3n) is 3.83. The summed E-state index contributed by atoms with van der Waals surface area (Å²) < 4.78 is 15.6. The molecular weight excluding hydrogens is 370 g/mol. The molecule has 7 nitrogen and oxygen atoms in total. The molecule has 0 bridgehead atoms. The minimum Gasteiger partial charge on any atom is -0.493 e. The van der Waals surface area contributed by atoms with Crippen LogP contribution in [0.3, 0.4) is 0 Å². The number of hydrogen-bond acceptors (Lipinski definition) is 6. The van der Waals surface area contributed by atoms with Gasteiger partial charge in [-0.05, 0) is 29.8 Å². The number of halogens is 1. The van der Waals surface area contributed by atoms with Crippen molar-refractivity contribution in [1.29, 1.82) is 0 Å². The number of carbonyl (C=O) groups is 1. The second-order valence-corrected chi connectivity index (χ2v) is 6.04. The lowest BCUT2D eigenvalue weighted by atomic mass is 10.1. The number of nitrogens with zero attached hydrogens (tertiary/aromatic N) is 2. The third-order valence-corrected chi connectivity index (χ3v) is 4.16. The van der Waals surface area contributed by atoms with Gasteiger partial charge < -0.3 is 19.3 Å². The summed E-state index contributed by atoms with van der Waals surface area (Å²) in [5.41, 5.74) is 1.47. The van der Waals surface area contributed by atoms with Crippen molar-refractivity contribution in [2.24, 2.45) is 0 Å². The number of benzene rings is 2. The number of aromatic nitrogens is 2. The van der Waals surface area contributed by atoms with E-state index in [1.165, 1.54) is 0 Å². The Hall–Kier alpha value is -3.06. The Kier molecular flexibility index (Phi) is 5.93. The van der Waals surface area contributed by atoms with Crippen LogP contribution in [0.2, 0.25) is 5.02 Å². The molecule has 1 N–H and O–H groups in total. The van der Waals surface area contributed by atoms with Crippen LogP contribution in [0.5, 0.6) is 11.5 Å². The molecule has 0 atom stereocenters.